The van der Waals surface area contributed by atoms with Gasteiger partial charge in [0.1, 0.15) is 0 Å². The Balaban J connectivity index is 0. The monoisotopic (exact) mass is 654 g/mol. The third kappa shape index (κ3) is 8.83. The number of hydrogen-bond acceptors (Lipinski definition) is 0. The summed E-state index contributed by atoms with van der Waals surface area (Å²) in [4.78, 5) is 0. The summed E-state index contributed by atoms with van der Waals surface area (Å²) in [6.45, 7) is 0. The van der Waals surface area contributed by atoms with E-state index in [1.54, 1.807) is 0 Å². The third-order valence-corrected chi connectivity index (χ3v) is 0. The second kappa shape index (κ2) is 17.2. The zero-order chi connectivity index (χ0) is 0. The van der Waals surface area contributed by atoms with E-state index < -0.39 is 0 Å². The second-order valence-corrected chi connectivity index (χ2v) is 0. The van der Waals surface area contributed by atoms with Gasteiger partial charge in [0.25, 0.3) is 0 Å². The van der Waals surface area contributed by atoms with Crippen LogP contribution in [-0.2, 0) is 84.2 Å². The molecule has 0 rings (SSSR count). The van der Waals surface area contributed by atoms with Gasteiger partial charge in [0.05, 0.1) is 0 Å². The Hall–Kier alpha value is 2.74. The maximum Gasteiger partial charge on any atom is 0 e. The van der Waals surface area contributed by atoms with Crippen molar-refractivity contribution in [2.45, 2.75) is 0 Å². The van der Waals surface area contributed by atoms with Crippen molar-refractivity contribution in [3.05, 3.63) is 0 Å². The van der Waals surface area contributed by atoms with Crippen LogP contribution in [0, 0.1) is 0 Å². The Morgan fingerprint density at radius 2 is 0.500 bits per heavy atom. The van der Waals surface area contributed by atoms with Crippen LogP contribution < -0.4 is 0 Å². The second-order valence-electron chi connectivity index (χ2n) is 0. The topological polar surface area (TPSA) is 0 Å². The van der Waals surface area contributed by atoms with Crippen molar-refractivity contribution in [2.24, 2.45) is 0 Å². The Kier molecular flexibility index (Phi) is 127. The van der Waals surface area contributed by atoms with Crippen LogP contribution in [0.5, 0.6) is 0 Å². The summed E-state index contributed by atoms with van der Waals surface area (Å²) in [5.74, 6) is 0. The summed E-state index contributed by atoms with van der Waals surface area (Å²) >= 11 is 0. The molecule has 0 bridgehead atoms. The van der Waals surface area contributed by atoms with Crippen LogP contribution in [0.2, 0.25) is 0 Å². The molecule has 0 nitrogen and oxygen atoms in total. The first-order valence-corrected chi connectivity index (χ1v) is 0. The first kappa shape index (κ1) is 29.6. The number of rotatable bonds is 0. The SMILES string of the molecule is [Au].[Au].[Au].[Cu]. The van der Waals surface area contributed by atoms with E-state index in [4.69, 9.17) is 0 Å². The third-order valence-electron chi connectivity index (χ3n) is 0. The summed E-state index contributed by atoms with van der Waals surface area (Å²) in [5, 5.41) is 0. The molecule has 0 N–H and O–H groups in total. The minimum absolute atomic E-state index is 0. The normalized spacial score (nSPS) is 0. The van der Waals surface area contributed by atoms with E-state index in [0.717, 1.165) is 0 Å². The fraction of sp³-hybridized carbons (Fsp3) is 0. The molecule has 0 aromatic heterocycles. The molecule has 4 radical (unpaired) electrons. The van der Waals surface area contributed by atoms with Crippen molar-refractivity contribution in [1.82, 2.24) is 0 Å². The van der Waals surface area contributed by atoms with E-state index in [1.165, 1.54) is 0 Å². The van der Waals surface area contributed by atoms with Gasteiger partial charge in [-0.15, -0.1) is 0 Å². The predicted molar refractivity (Wildman–Crippen MR) is 0 cm³/mol. The zero-order valence-electron chi connectivity index (χ0n) is 1.21. The predicted octanol–water partition coefficient (Wildman–Crippen LogP) is -0.0100. The molecule has 0 aliphatic heterocycles. The molecule has 44 valence electrons. The van der Waals surface area contributed by atoms with Gasteiger partial charge in [-0.3, -0.25) is 0 Å². The van der Waals surface area contributed by atoms with Gasteiger partial charge in [0.15, 0.2) is 0 Å². The summed E-state index contributed by atoms with van der Waals surface area (Å²) in [5.41, 5.74) is 0. The van der Waals surface area contributed by atoms with E-state index in [2.05, 4.69) is 0 Å². The molecule has 4 heavy (non-hydrogen) atoms. The Morgan fingerprint density at radius 1 is 0.500 bits per heavy atom. The van der Waals surface area contributed by atoms with Gasteiger partial charge < -0.3 is 0 Å². The van der Waals surface area contributed by atoms with Crippen LogP contribution in [-0.4, -0.2) is 0 Å². The van der Waals surface area contributed by atoms with Crippen LogP contribution in [0.25, 0.3) is 0 Å². The van der Waals surface area contributed by atoms with Crippen molar-refractivity contribution >= 4 is 0 Å². The molecule has 0 amide bonds. The van der Waals surface area contributed by atoms with Crippen molar-refractivity contribution in [3.63, 3.8) is 0 Å². The Bertz CT molecular complexity index is 3.25. The molecule has 0 spiro atoms. The molecular weight excluding hydrogens is 654 g/mol. The molecule has 0 saturated heterocycles. The minimum Gasteiger partial charge on any atom is 0 e. The molecule has 4 heteroatoms. The van der Waals surface area contributed by atoms with Gasteiger partial charge in [0.2, 0.25) is 0 Å². The van der Waals surface area contributed by atoms with Gasteiger partial charge in [-0.2, -0.15) is 0 Å². The molecule has 0 unspecified atom stereocenters. The largest absolute Gasteiger partial charge is 0 e. The maximum atomic E-state index is 0. The van der Waals surface area contributed by atoms with Crippen molar-refractivity contribution < 1.29 is 84.2 Å². The molecule has 0 atom stereocenters. The van der Waals surface area contributed by atoms with E-state index in [0.29, 0.717) is 0 Å². The van der Waals surface area contributed by atoms with E-state index in [1.807, 2.05) is 0 Å². The maximum absolute atomic E-state index is 0. The van der Waals surface area contributed by atoms with Gasteiger partial charge >= 0.3 is 0 Å². The average molecular weight is 654 g/mol. The Labute approximate surface area is 82.9 Å². The molecule has 0 heterocycles. The van der Waals surface area contributed by atoms with Crippen molar-refractivity contribution in [2.75, 3.05) is 0 Å². The van der Waals surface area contributed by atoms with Gasteiger partial charge in [-0.05, 0) is 0 Å². The molecule has 0 aromatic rings. The molecule has 0 aliphatic rings. The number of hydrogen-bond donors (Lipinski definition) is 0. The van der Waals surface area contributed by atoms with Crippen LogP contribution in [0.4, 0.5) is 0 Å². The molecular formula is Au3Cu. The first-order valence-electron chi connectivity index (χ1n) is 0. The summed E-state index contributed by atoms with van der Waals surface area (Å²) in [6.07, 6.45) is 0. The molecule has 0 fully saturated rings. The fourth-order valence-electron chi connectivity index (χ4n) is 0. The van der Waals surface area contributed by atoms with Gasteiger partial charge in [0, 0.05) is 84.2 Å². The molecule has 0 aliphatic carbocycles. The van der Waals surface area contributed by atoms with Crippen molar-refractivity contribution in [3.8, 4) is 0 Å². The smallest absolute Gasteiger partial charge is 0 e. The minimum atomic E-state index is 0. The standard InChI is InChI=1S/3Au.Cu. The van der Waals surface area contributed by atoms with E-state index in [9.17, 15) is 0 Å². The van der Waals surface area contributed by atoms with Crippen LogP contribution in [0.1, 0.15) is 0 Å². The van der Waals surface area contributed by atoms with Crippen molar-refractivity contribution in [1.29, 1.82) is 0 Å². The first-order chi connectivity index (χ1) is 0. The van der Waals surface area contributed by atoms with Crippen LogP contribution in [0.15, 0.2) is 0 Å². The quantitative estimate of drug-likeness (QED) is 0.323. The van der Waals surface area contributed by atoms with Gasteiger partial charge in [-0.25, -0.2) is 0 Å². The van der Waals surface area contributed by atoms with Crippen LogP contribution in [0.3, 0.4) is 0 Å². The summed E-state index contributed by atoms with van der Waals surface area (Å²) in [6, 6.07) is 0. The fourth-order valence-corrected chi connectivity index (χ4v) is 0. The van der Waals surface area contributed by atoms with E-state index >= 15 is 0 Å². The van der Waals surface area contributed by atoms with Gasteiger partial charge in [-0.1, -0.05) is 0 Å². The van der Waals surface area contributed by atoms with E-state index in [-0.39, 0.29) is 84.2 Å². The zero-order valence-corrected chi connectivity index (χ0v) is 8.65. The van der Waals surface area contributed by atoms with Crippen LogP contribution >= 0.6 is 0 Å². The summed E-state index contributed by atoms with van der Waals surface area (Å²) in [7, 11) is 0. The average Bonchev–Trinajstić information content (AvgIpc) is 0. The summed E-state index contributed by atoms with van der Waals surface area (Å²) < 4.78 is 0. The molecule has 0 saturated carbocycles. The molecule has 0 aromatic carbocycles. The Morgan fingerprint density at radius 3 is 0.500 bits per heavy atom.